The Morgan fingerprint density at radius 3 is 2.47 bits per heavy atom. The molecule has 0 aliphatic carbocycles. The third-order valence-electron chi connectivity index (χ3n) is 4.83. The molecule has 1 aliphatic heterocycles. The van der Waals surface area contributed by atoms with Crippen LogP contribution in [0.1, 0.15) is 16.7 Å². The number of nitrogens with zero attached hydrogens (tertiary/aromatic N) is 2. The van der Waals surface area contributed by atoms with Crippen LogP contribution in [0.25, 0.3) is 6.08 Å². The highest BCUT2D eigenvalue weighted by atomic mass is 32.2. The van der Waals surface area contributed by atoms with Gasteiger partial charge in [-0.1, -0.05) is 84.6 Å². The molecule has 4 rings (SSSR count). The van der Waals surface area contributed by atoms with Crippen molar-refractivity contribution in [1.29, 1.82) is 0 Å². The number of carbonyl (C=O) groups excluding carboxylic acids is 1. The Morgan fingerprint density at radius 1 is 1.00 bits per heavy atom. The van der Waals surface area contributed by atoms with E-state index in [9.17, 15) is 14.9 Å². The lowest BCUT2D eigenvalue weighted by Gasteiger charge is -2.14. The normalized spacial score (nSPS) is 14.8. The Hall–Kier alpha value is -3.49. The zero-order chi connectivity index (χ0) is 22.5. The molecule has 8 heteroatoms. The first-order valence-electron chi connectivity index (χ1n) is 9.76. The molecule has 160 valence electrons. The topological polar surface area (TPSA) is 72.7 Å². The Bertz CT molecular complexity index is 1210. The Balaban J connectivity index is 1.53. The van der Waals surface area contributed by atoms with Crippen LogP contribution in [0, 0.1) is 10.1 Å². The molecule has 3 aromatic rings. The number of carbonyl (C=O) groups is 1. The summed E-state index contributed by atoms with van der Waals surface area (Å²) in [4.78, 5) is 25.9. The highest BCUT2D eigenvalue weighted by molar-refractivity contribution is 8.26. The lowest BCUT2D eigenvalue weighted by Crippen LogP contribution is -2.27. The molecule has 32 heavy (non-hydrogen) atoms. The van der Waals surface area contributed by atoms with Crippen LogP contribution in [0.15, 0.2) is 83.8 Å². The van der Waals surface area contributed by atoms with E-state index >= 15 is 0 Å². The van der Waals surface area contributed by atoms with Crippen LogP contribution < -0.4 is 4.74 Å². The Labute approximate surface area is 194 Å². The predicted octanol–water partition coefficient (Wildman–Crippen LogP) is 5.58. The molecule has 1 heterocycles. The van der Waals surface area contributed by atoms with E-state index in [1.54, 1.807) is 35.2 Å². The van der Waals surface area contributed by atoms with E-state index in [1.807, 2.05) is 48.5 Å². The van der Waals surface area contributed by atoms with Crippen molar-refractivity contribution in [2.24, 2.45) is 0 Å². The number of nitro groups is 1. The van der Waals surface area contributed by atoms with Crippen molar-refractivity contribution in [3.05, 3.63) is 111 Å². The van der Waals surface area contributed by atoms with Gasteiger partial charge in [0.25, 0.3) is 11.6 Å². The first-order chi connectivity index (χ1) is 15.5. The van der Waals surface area contributed by atoms with Gasteiger partial charge in [-0.15, -0.1) is 0 Å². The maximum Gasteiger partial charge on any atom is 0.276 e. The van der Waals surface area contributed by atoms with E-state index in [0.717, 1.165) is 5.56 Å². The number of para-hydroxylation sites is 2. The van der Waals surface area contributed by atoms with Crippen LogP contribution in [0.4, 0.5) is 5.69 Å². The maximum atomic E-state index is 13.0. The molecule has 0 bridgehead atoms. The predicted molar refractivity (Wildman–Crippen MR) is 129 cm³/mol. The fourth-order valence-electron chi connectivity index (χ4n) is 3.24. The molecule has 0 radical (unpaired) electrons. The lowest BCUT2D eigenvalue weighted by molar-refractivity contribution is -0.385. The minimum absolute atomic E-state index is 0.00626. The number of thiocarbonyl (C=S) groups is 1. The zero-order valence-corrected chi connectivity index (χ0v) is 18.5. The SMILES string of the molecule is O=C1C(=Cc2ccccc2OCc2ccccc2[N+](=O)[O-])SC(=S)N1Cc1ccccc1. The van der Waals surface area contributed by atoms with Crippen molar-refractivity contribution in [2.45, 2.75) is 13.2 Å². The molecule has 1 fully saturated rings. The number of hydrogen-bond acceptors (Lipinski definition) is 6. The van der Waals surface area contributed by atoms with Gasteiger partial charge in [0.05, 0.1) is 21.9 Å². The van der Waals surface area contributed by atoms with Gasteiger partial charge in [-0.25, -0.2) is 0 Å². The molecule has 6 nitrogen and oxygen atoms in total. The summed E-state index contributed by atoms with van der Waals surface area (Å²) in [5.41, 5.74) is 2.18. The van der Waals surface area contributed by atoms with Gasteiger partial charge in [-0.2, -0.15) is 0 Å². The first kappa shape index (κ1) is 21.7. The summed E-state index contributed by atoms with van der Waals surface area (Å²) < 4.78 is 6.40. The van der Waals surface area contributed by atoms with Crippen LogP contribution in [0.3, 0.4) is 0 Å². The smallest absolute Gasteiger partial charge is 0.276 e. The van der Waals surface area contributed by atoms with E-state index in [1.165, 1.54) is 17.8 Å². The highest BCUT2D eigenvalue weighted by Crippen LogP contribution is 2.35. The quantitative estimate of drug-likeness (QED) is 0.198. The van der Waals surface area contributed by atoms with E-state index in [4.69, 9.17) is 17.0 Å². The second kappa shape index (κ2) is 9.76. The number of nitro benzene ring substituents is 1. The molecule has 0 spiro atoms. The average molecular weight is 463 g/mol. The van der Waals surface area contributed by atoms with Crippen LogP contribution >= 0.6 is 24.0 Å². The molecule has 1 amide bonds. The van der Waals surface area contributed by atoms with Gasteiger partial charge in [0.2, 0.25) is 0 Å². The summed E-state index contributed by atoms with van der Waals surface area (Å²) in [7, 11) is 0. The summed E-state index contributed by atoms with van der Waals surface area (Å²) in [6, 6.07) is 23.4. The van der Waals surface area contributed by atoms with Gasteiger partial charge >= 0.3 is 0 Å². The monoisotopic (exact) mass is 462 g/mol. The Kier molecular flexibility index (Phi) is 6.63. The molecular weight excluding hydrogens is 444 g/mol. The molecule has 3 aromatic carbocycles. The van der Waals surface area contributed by atoms with E-state index in [0.29, 0.717) is 32.6 Å². The number of thioether (sulfide) groups is 1. The molecule has 0 N–H and O–H groups in total. The zero-order valence-electron chi connectivity index (χ0n) is 16.8. The van der Waals surface area contributed by atoms with Gasteiger partial charge in [0.15, 0.2) is 0 Å². The molecule has 1 saturated heterocycles. The van der Waals surface area contributed by atoms with Crippen LogP contribution in [0.5, 0.6) is 5.75 Å². The van der Waals surface area contributed by atoms with Crippen molar-refractivity contribution in [3.63, 3.8) is 0 Å². The standard InChI is InChI=1S/C24H18N2O4S2/c27-23-22(32-24(31)25(23)15-17-8-2-1-3-9-17)14-18-10-5-7-13-21(18)30-16-19-11-4-6-12-20(19)26(28)29/h1-14H,15-16H2. The number of rotatable bonds is 7. The number of hydrogen-bond donors (Lipinski definition) is 0. The minimum atomic E-state index is -0.428. The summed E-state index contributed by atoms with van der Waals surface area (Å²) in [6.07, 6.45) is 1.75. The molecule has 0 atom stereocenters. The summed E-state index contributed by atoms with van der Waals surface area (Å²) in [6.45, 7) is 0.454. The highest BCUT2D eigenvalue weighted by Gasteiger charge is 2.32. The third kappa shape index (κ3) is 4.87. The summed E-state index contributed by atoms with van der Waals surface area (Å²) >= 11 is 6.68. The molecule has 1 aliphatic rings. The summed E-state index contributed by atoms with van der Waals surface area (Å²) in [5, 5.41) is 11.2. The van der Waals surface area contributed by atoms with Crippen LogP contribution in [-0.2, 0) is 17.9 Å². The first-order valence-corrected chi connectivity index (χ1v) is 11.0. The number of benzene rings is 3. The van der Waals surface area contributed by atoms with E-state index < -0.39 is 4.92 Å². The van der Waals surface area contributed by atoms with Gasteiger partial charge in [-0.05, 0) is 23.8 Å². The molecular formula is C24H18N2O4S2. The van der Waals surface area contributed by atoms with Gasteiger partial charge in [0, 0.05) is 11.6 Å². The largest absolute Gasteiger partial charge is 0.488 e. The van der Waals surface area contributed by atoms with Crippen molar-refractivity contribution in [1.82, 2.24) is 4.90 Å². The second-order valence-corrected chi connectivity index (χ2v) is 8.64. The Morgan fingerprint density at radius 2 is 1.69 bits per heavy atom. The van der Waals surface area contributed by atoms with Crippen LogP contribution in [-0.4, -0.2) is 20.1 Å². The maximum absolute atomic E-state index is 13.0. The second-order valence-electron chi connectivity index (χ2n) is 6.97. The third-order valence-corrected chi connectivity index (χ3v) is 6.21. The van der Waals surface area contributed by atoms with E-state index in [2.05, 4.69) is 0 Å². The van der Waals surface area contributed by atoms with Crippen molar-refractivity contribution in [2.75, 3.05) is 0 Å². The van der Waals surface area contributed by atoms with Gasteiger partial charge in [0.1, 0.15) is 16.7 Å². The number of amides is 1. The fraction of sp³-hybridized carbons (Fsp3) is 0.0833. The van der Waals surface area contributed by atoms with Crippen molar-refractivity contribution < 1.29 is 14.5 Å². The van der Waals surface area contributed by atoms with Gasteiger partial charge < -0.3 is 4.74 Å². The molecule has 0 saturated carbocycles. The number of ether oxygens (including phenoxy) is 1. The summed E-state index contributed by atoms with van der Waals surface area (Å²) in [5.74, 6) is 0.372. The molecule has 0 aromatic heterocycles. The minimum Gasteiger partial charge on any atom is -0.488 e. The van der Waals surface area contributed by atoms with E-state index in [-0.39, 0.29) is 18.2 Å². The van der Waals surface area contributed by atoms with Crippen LogP contribution in [0.2, 0.25) is 0 Å². The molecule has 0 unspecified atom stereocenters. The fourth-order valence-corrected chi connectivity index (χ4v) is 4.49. The average Bonchev–Trinajstić information content (AvgIpc) is 3.06. The van der Waals surface area contributed by atoms with Crippen molar-refractivity contribution in [3.8, 4) is 5.75 Å². The van der Waals surface area contributed by atoms with Gasteiger partial charge in [-0.3, -0.25) is 19.8 Å². The van der Waals surface area contributed by atoms with Crippen molar-refractivity contribution >= 4 is 46.0 Å². The lowest BCUT2D eigenvalue weighted by atomic mass is 10.1.